The molecule has 0 bridgehead atoms. The van der Waals surface area contributed by atoms with Crippen molar-refractivity contribution in [2.24, 2.45) is 13.0 Å². The highest BCUT2D eigenvalue weighted by Gasteiger charge is 2.25. The highest BCUT2D eigenvalue weighted by atomic mass is 19.1. The highest BCUT2D eigenvalue weighted by molar-refractivity contribution is 5.95. The van der Waals surface area contributed by atoms with Crippen molar-refractivity contribution in [3.63, 3.8) is 0 Å². The summed E-state index contributed by atoms with van der Waals surface area (Å²) >= 11 is 0. The zero-order valence-corrected chi connectivity index (χ0v) is 16.7. The van der Waals surface area contributed by atoms with E-state index in [0.717, 1.165) is 48.0 Å². The van der Waals surface area contributed by atoms with Gasteiger partial charge in [0.15, 0.2) is 0 Å². The highest BCUT2D eigenvalue weighted by Crippen LogP contribution is 2.25. The number of carbonyl (C=O) groups excluding carboxylic acids is 1. The molecule has 7 nitrogen and oxygen atoms in total. The molecule has 0 unspecified atom stereocenters. The number of alkyl halides is 1. The largest absolute Gasteiger partial charge is 0.310 e. The molecule has 152 valence electrons. The molecule has 3 aromatic rings. The number of nitrogens with one attached hydrogen (secondary N) is 1. The molecule has 1 aliphatic rings. The maximum atomic E-state index is 13.2. The van der Waals surface area contributed by atoms with E-state index in [1.807, 2.05) is 37.5 Å². The van der Waals surface area contributed by atoms with Crippen molar-refractivity contribution in [1.82, 2.24) is 24.9 Å². The van der Waals surface area contributed by atoms with Crippen molar-refractivity contribution in [2.45, 2.75) is 25.9 Å². The molecule has 2 aromatic heterocycles. The van der Waals surface area contributed by atoms with Crippen LogP contribution in [0, 0.1) is 5.92 Å². The number of hydrogen-bond donors (Lipinski definition) is 1. The van der Waals surface area contributed by atoms with E-state index in [2.05, 4.69) is 25.5 Å². The Kier molecular flexibility index (Phi) is 5.53. The second kappa shape index (κ2) is 8.24. The van der Waals surface area contributed by atoms with Crippen molar-refractivity contribution >= 4 is 22.5 Å². The summed E-state index contributed by atoms with van der Waals surface area (Å²) < 4.78 is 14.8. The molecule has 29 heavy (non-hydrogen) atoms. The second-order valence-corrected chi connectivity index (χ2v) is 7.75. The third-order valence-electron chi connectivity index (χ3n) is 5.34. The Labute approximate surface area is 168 Å². The van der Waals surface area contributed by atoms with Gasteiger partial charge < -0.3 is 10.2 Å². The van der Waals surface area contributed by atoms with Gasteiger partial charge in [-0.05, 0) is 50.4 Å². The summed E-state index contributed by atoms with van der Waals surface area (Å²) in [6, 6.07) is 7.87. The van der Waals surface area contributed by atoms with E-state index < -0.39 is 6.17 Å². The van der Waals surface area contributed by atoms with Crippen LogP contribution in [-0.4, -0.2) is 56.6 Å². The number of pyridine rings is 1. The van der Waals surface area contributed by atoms with Crippen molar-refractivity contribution in [1.29, 1.82) is 0 Å². The van der Waals surface area contributed by atoms with Gasteiger partial charge >= 0.3 is 0 Å². The fourth-order valence-corrected chi connectivity index (χ4v) is 3.81. The number of rotatable bonds is 5. The van der Waals surface area contributed by atoms with Gasteiger partial charge in [-0.1, -0.05) is 17.3 Å². The molecule has 1 aromatic carbocycles. The van der Waals surface area contributed by atoms with Crippen molar-refractivity contribution in [3.05, 3.63) is 36.7 Å². The van der Waals surface area contributed by atoms with Crippen LogP contribution in [0.4, 0.5) is 10.2 Å². The molecule has 1 amide bonds. The number of carbonyl (C=O) groups is 1. The zero-order chi connectivity index (χ0) is 20.4. The summed E-state index contributed by atoms with van der Waals surface area (Å²) in [5, 5.41) is 13.0. The smallest absolute Gasteiger partial charge is 0.228 e. The van der Waals surface area contributed by atoms with Crippen LogP contribution < -0.4 is 5.32 Å². The summed E-state index contributed by atoms with van der Waals surface area (Å²) in [5.74, 6) is 0.457. The van der Waals surface area contributed by atoms with Crippen LogP contribution in [0.3, 0.4) is 0 Å². The number of amides is 1. The molecule has 4 rings (SSSR count). The van der Waals surface area contributed by atoms with Gasteiger partial charge in [0.2, 0.25) is 5.91 Å². The van der Waals surface area contributed by atoms with Gasteiger partial charge in [-0.15, -0.1) is 5.10 Å². The molecule has 1 fully saturated rings. The van der Waals surface area contributed by atoms with E-state index in [9.17, 15) is 9.18 Å². The minimum atomic E-state index is -0.839. The minimum absolute atomic E-state index is 0.0186. The Bertz CT molecular complexity index is 1010. The van der Waals surface area contributed by atoms with Gasteiger partial charge in [0.1, 0.15) is 17.7 Å². The van der Waals surface area contributed by atoms with Gasteiger partial charge in [0.25, 0.3) is 0 Å². The number of halogens is 1. The summed E-state index contributed by atoms with van der Waals surface area (Å²) in [4.78, 5) is 19.1. The van der Waals surface area contributed by atoms with Crippen LogP contribution in [0.15, 0.2) is 36.7 Å². The molecule has 0 saturated carbocycles. The van der Waals surface area contributed by atoms with E-state index in [0.29, 0.717) is 12.4 Å². The number of piperidine rings is 1. The fraction of sp³-hybridized carbons (Fsp3) is 0.429. The predicted octanol–water partition coefficient (Wildman–Crippen LogP) is 3.04. The number of likely N-dealkylation sites (tertiary alicyclic amines) is 1. The Morgan fingerprint density at radius 2 is 2.07 bits per heavy atom. The lowest BCUT2D eigenvalue weighted by Crippen LogP contribution is -2.40. The number of aromatic nitrogens is 4. The van der Waals surface area contributed by atoms with Crippen molar-refractivity contribution < 1.29 is 9.18 Å². The molecule has 0 radical (unpaired) electrons. The SMILES string of the molecule is C[C@H](F)CN1CCC(C(=O)Nc2cc3cc(-c4cn(C)nn4)ccc3cn2)CC1. The molecule has 0 aliphatic carbocycles. The van der Waals surface area contributed by atoms with Crippen LogP contribution in [0.1, 0.15) is 19.8 Å². The number of aryl methyl sites for hydroxylation is 1. The first-order valence-corrected chi connectivity index (χ1v) is 9.92. The third kappa shape index (κ3) is 4.59. The summed E-state index contributed by atoms with van der Waals surface area (Å²) in [6.45, 7) is 3.51. The van der Waals surface area contributed by atoms with Crippen LogP contribution in [0.2, 0.25) is 0 Å². The molecular formula is C21H25FN6O. The number of fused-ring (bicyclic) bond motifs is 1. The Morgan fingerprint density at radius 3 is 2.76 bits per heavy atom. The summed E-state index contributed by atoms with van der Waals surface area (Å²) in [7, 11) is 1.83. The number of hydrogen-bond acceptors (Lipinski definition) is 5. The van der Waals surface area contributed by atoms with Crippen molar-refractivity contribution in [3.8, 4) is 11.3 Å². The van der Waals surface area contributed by atoms with Gasteiger partial charge in [-0.3, -0.25) is 9.48 Å². The van der Waals surface area contributed by atoms with Crippen LogP contribution in [0.5, 0.6) is 0 Å². The number of nitrogens with zero attached hydrogens (tertiary/aromatic N) is 5. The Hall–Kier alpha value is -2.87. The molecule has 8 heteroatoms. The first-order valence-electron chi connectivity index (χ1n) is 9.92. The molecular weight excluding hydrogens is 371 g/mol. The van der Waals surface area contributed by atoms with E-state index in [4.69, 9.17) is 0 Å². The topological polar surface area (TPSA) is 75.9 Å². The monoisotopic (exact) mass is 396 g/mol. The van der Waals surface area contributed by atoms with E-state index in [1.54, 1.807) is 17.8 Å². The standard InChI is InChI=1S/C21H25FN6O/c1-14(22)12-28-7-5-15(6-8-28)21(29)24-20-10-18-9-16(3-4-17(18)11-23-20)19-13-27(2)26-25-19/h3-4,9-11,13-15H,5-8,12H2,1-2H3,(H,23,24,29)/t14-/m0/s1. The predicted molar refractivity (Wildman–Crippen MR) is 110 cm³/mol. The van der Waals surface area contributed by atoms with E-state index in [-0.39, 0.29) is 11.8 Å². The third-order valence-corrected chi connectivity index (χ3v) is 5.34. The normalized spacial score (nSPS) is 16.8. The lowest BCUT2D eigenvalue weighted by Gasteiger charge is -2.31. The second-order valence-electron chi connectivity index (χ2n) is 7.75. The first-order chi connectivity index (χ1) is 14.0. The quantitative estimate of drug-likeness (QED) is 0.717. The molecule has 1 aliphatic heterocycles. The van der Waals surface area contributed by atoms with Crippen LogP contribution in [-0.2, 0) is 11.8 Å². The lowest BCUT2D eigenvalue weighted by atomic mass is 9.95. The molecule has 1 saturated heterocycles. The van der Waals surface area contributed by atoms with Gasteiger partial charge in [-0.2, -0.15) is 0 Å². The minimum Gasteiger partial charge on any atom is -0.310 e. The average Bonchev–Trinajstić information content (AvgIpc) is 3.14. The number of anilines is 1. The lowest BCUT2D eigenvalue weighted by molar-refractivity contribution is -0.121. The average molecular weight is 396 g/mol. The molecule has 3 heterocycles. The summed E-state index contributed by atoms with van der Waals surface area (Å²) in [6.07, 6.45) is 4.26. The Balaban J connectivity index is 1.44. The fourth-order valence-electron chi connectivity index (χ4n) is 3.81. The first kappa shape index (κ1) is 19.4. The van der Waals surface area contributed by atoms with E-state index in [1.165, 1.54) is 0 Å². The van der Waals surface area contributed by atoms with Crippen LogP contribution >= 0.6 is 0 Å². The molecule has 1 atom stereocenters. The zero-order valence-electron chi connectivity index (χ0n) is 16.7. The molecule has 1 N–H and O–H groups in total. The maximum absolute atomic E-state index is 13.2. The molecule has 0 spiro atoms. The number of benzene rings is 1. The van der Waals surface area contributed by atoms with Gasteiger partial charge in [0.05, 0.1) is 6.20 Å². The Morgan fingerprint density at radius 1 is 1.28 bits per heavy atom. The van der Waals surface area contributed by atoms with Gasteiger partial charge in [0, 0.05) is 36.7 Å². The summed E-state index contributed by atoms with van der Waals surface area (Å²) in [5.41, 5.74) is 1.76. The van der Waals surface area contributed by atoms with Gasteiger partial charge in [-0.25, -0.2) is 9.37 Å². The maximum Gasteiger partial charge on any atom is 0.228 e. The van der Waals surface area contributed by atoms with Crippen molar-refractivity contribution in [2.75, 3.05) is 25.0 Å². The van der Waals surface area contributed by atoms with Crippen LogP contribution in [0.25, 0.3) is 22.0 Å². The van der Waals surface area contributed by atoms with E-state index >= 15 is 0 Å².